The van der Waals surface area contributed by atoms with Crippen LogP contribution in [0.15, 0.2) is 18.2 Å². The molecule has 1 unspecified atom stereocenters. The number of hydrogen-bond donors (Lipinski definition) is 0. The Balaban J connectivity index is 3.27. The number of carbonyl (C=O) groups is 1. The molecule has 0 spiro atoms. The van der Waals surface area contributed by atoms with Crippen molar-refractivity contribution in [1.82, 2.24) is 0 Å². The van der Waals surface area contributed by atoms with Crippen LogP contribution >= 0.6 is 11.6 Å². The van der Waals surface area contributed by atoms with Gasteiger partial charge in [-0.05, 0) is 30.4 Å². The Kier molecular flexibility index (Phi) is 6.32. The van der Waals surface area contributed by atoms with Gasteiger partial charge in [0.2, 0.25) is 0 Å². The first-order valence-electron chi connectivity index (χ1n) is 6.73. The number of aryl methyl sites for hydroxylation is 2. The maximum atomic E-state index is 12.3. The number of nitrogens with zero attached hydrogens (tertiary/aromatic N) is 1. The van der Waals surface area contributed by atoms with Crippen LogP contribution in [0.25, 0.3) is 0 Å². The van der Waals surface area contributed by atoms with Gasteiger partial charge in [0.05, 0.1) is 12.8 Å². The van der Waals surface area contributed by atoms with Crippen LogP contribution in [0.4, 0.5) is 5.69 Å². The first-order valence-corrected chi connectivity index (χ1v) is 7.17. The van der Waals surface area contributed by atoms with Crippen molar-refractivity contribution in [3.8, 4) is 0 Å². The summed E-state index contributed by atoms with van der Waals surface area (Å²) in [5.41, 5.74) is 3.03. The van der Waals surface area contributed by atoms with E-state index in [1.165, 1.54) is 12.2 Å². The Morgan fingerprint density at radius 3 is 2.16 bits per heavy atom. The lowest BCUT2D eigenvalue weighted by molar-refractivity contribution is -0.124. The second kappa shape index (κ2) is 7.51. The van der Waals surface area contributed by atoms with Gasteiger partial charge in [-0.2, -0.15) is 5.06 Å². The van der Waals surface area contributed by atoms with Crippen LogP contribution in [0.3, 0.4) is 0 Å². The molecule has 4 heteroatoms. The van der Waals surface area contributed by atoms with Crippen molar-refractivity contribution in [1.29, 1.82) is 0 Å². The number of hydrogen-bond acceptors (Lipinski definition) is 2. The highest BCUT2D eigenvalue weighted by Crippen LogP contribution is 2.28. The summed E-state index contributed by atoms with van der Waals surface area (Å²) < 4.78 is 0. The van der Waals surface area contributed by atoms with Crippen LogP contribution in [0.1, 0.15) is 38.3 Å². The van der Waals surface area contributed by atoms with Crippen molar-refractivity contribution in [2.75, 3.05) is 12.2 Å². The van der Waals surface area contributed by atoms with E-state index in [1.807, 2.05) is 25.1 Å². The van der Waals surface area contributed by atoms with Crippen molar-refractivity contribution in [2.45, 2.75) is 45.4 Å². The Morgan fingerprint density at radius 1 is 1.26 bits per heavy atom. The predicted octanol–water partition coefficient (Wildman–Crippen LogP) is 3.72. The number of hydroxylamine groups is 1. The van der Waals surface area contributed by atoms with Crippen LogP contribution in [-0.4, -0.2) is 18.4 Å². The van der Waals surface area contributed by atoms with E-state index >= 15 is 0 Å². The van der Waals surface area contributed by atoms with E-state index in [2.05, 4.69) is 13.8 Å². The number of benzene rings is 1. The van der Waals surface area contributed by atoms with E-state index in [0.29, 0.717) is 6.42 Å². The minimum Gasteiger partial charge on any atom is -0.270 e. The van der Waals surface area contributed by atoms with E-state index in [9.17, 15) is 4.79 Å². The quantitative estimate of drug-likeness (QED) is 0.588. The van der Waals surface area contributed by atoms with Crippen LogP contribution in [-0.2, 0) is 22.5 Å². The standard InChI is InChI=1S/C15H22ClNO2/c1-5-11-9-8-10-12(6-2)14(11)17(19-4)15(18)13(16)7-3/h8-10,13H,5-7H2,1-4H3. The molecule has 1 rings (SSSR count). The third-order valence-electron chi connectivity index (χ3n) is 3.18. The zero-order chi connectivity index (χ0) is 14.4. The van der Waals surface area contributed by atoms with E-state index in [0.717, 1.165) is 29.7 Å². The Morgan fingerprint density at radius 2 is 1.79 bits per heavy atom. The predicted molar refractivity (Wildman–Crippen MR) is 79.6 cm³/mol. The lowest BCUT2D eigenvalue weighted by atomic mass is 10.0. The zero-order valence-electron chi connectivity index (χ0n) is 12.1. The number of halogens is 1. The summed E-state index contributed by atoms with van der Waals surface area (Å²) in [6.07, 6.45) is 2.26. The number of carbonyl (C=O) groups excluding carboxylic acids is 1. The lowest BCUT2D eigenvalue weighted by Crippen LogP contribution is -2.37. The summed E-state index contributed by atoms with van der Waals surface area (Å²) in [5, 5.41) is 0.785. The van der Waals surface area contributed by atoms with Crippen LogP contribution < -0.4 is 5.06 Å². The highest BCUT2D eigenvalue weighted by atomic mass is 35.5. The van der Waals surface area contributed by atoms with Gasteiger partial charge in [-0.1, -0.05) is 39.0 Å². The normalized spacial score (nSPS) is 12.3. The van der Waals surface area contributed by atoms with E-state index < -0.39 is 5.38 Å². The third-order valence-corrected chi connectivity index (χ3v) is 3.67. The van der Waals surface area contributed by atoms with E-state index in [-0.39, 0.29) is 5.91 Å². The van der Waals surface area contributed by atoms with Gasteiger partial charge in [-0.15, -0.1) is 11.6 Å². The summed E-state index contributed by atoms with van der Waals surface area (Å²) in [7, 11) is 1.50. The summed E-state index contributed by atoms with van der Waals surface area (Å²) in [4.78, 5) is 17.6. The molecule has 106 valence electrons. The SMILES string of the molecule is CCc1cccc(CC)c1N(OC)C(=O)C(Cl)CC. The molecule has 0 fully saturated rings. The fourth-order valence-electron chi connectivity index (χ4n) is 2.07. The Bertz CT molecular complexity index is 412. The summed E-state index contributed by atoms with van der Waals surface area (Å²) >= 11 is 6.06. The van der Waals surface area contributed by atoms with Crippen molar-refractivity contribution >= 4 is 23.2 Å². The smallest absolute Gasteiger partial charge is 0.268 e. The first-order chi connectivity index (χ1) is 9.10. The number of para-hydroxylation sites is 1. The monoisotopic (exact) mass is 283 g/mol. The zero-order valence-corrected chi connectivity index (χ0v) is 12.8. The minimum atomic E-state index is -0.561. The molecule has 0 saturated heterocycles. The first kappa shape index (κ1) is 16.0. The second-order valence-electron chi connectivity index (χ2n) is 4.32. The molecule has 0 saturated carbocycles. The van der Waals surface area contributed by atoms with Crippen LogP contribution in [0, 0.1) is 0 Å². The molecule has 3 nitrogen and oxygen atoms in total. The summed E-state index contributed by atoms with van der Waals surface area (Å²) in [6, 6.07) is 6.05. The third kappa shape index (κ3) is 3.48. The second-order valence-corrected chi connectivity index (χ2v) is 4.85. The summed E-state index contributed by atoms with van der Waals surface area (Å²) in [6.45, 7) is 6.01. The number of amides is 1. The molecule has 0 bridgehead atoms. The van der Waals surface area contributed by atoms with Gasteiger partial charge < -0.3 is 0 Å². The highest BCUT2D eigenvalue weighted by Gasteiger charge is 2.25. The van der Waals surface area contributed by atoms with Crippen LogP contribution in [0.5, 0.6) is 0 Å². The molecule has 0 radical (unpaired) electrons. The maximum absolute atomic E-state index is 12.3. The molecular weight excluding hydrogens is 262 g/mol. The van der Waals surface area contributed by atoms with Gasteiger partial charge in [-0.3, -0.25) is 9.63 Å². The molecule has 0 aliphatic rings. The summed E-state index contributed by atoms with van der Waals surface area (Å²) in [5.74, 6) is -0.206. The fourth-order valence-corrected chi connectivity index (χ4v) is 2.16. The van der Waals surface area contributed by atoms with Crippen molar-refractivity contribution < 1.29 is 9.63 Å². The Labute approximate surface area is 120 Å². The molecule has 1 aromatic carbocycles. The number of rotatable bonds is 6. The fraction of sp³-hybridized carbons (Fsp3) is 0.533. The molecular formula is C15H22ClNO2. The Hall–Kier alpha value is -1.06. The lowest BCUT2D eigenvalue weighted by Gasteiger charge is -2.26. The van der Waals surface area contributed by atoms with Gasteiger partial charge in [0.25, 0.3) is 5.91 Å². The van der Waals surface area contributed by atoms with Gasteiger partial charge in [0.1, 0.15) is 5.38 Å². The average Bonchev–Trinajstić information content (AvgIpc) is 2.46. The van der Waals surface area contributed by atoms with Gasteiger partial charge >= 0.3 is 0 Å². The molecule has 0 aliphatic heterocycles. The van der Waals surface area contributed by atoms with Gasteiger partial charge in [0.15, 0.2) is 0 Å². The van der Waals surface area contributed by atoms with Crippen LogP contribution in [0.2, 0.25) is 0 Å². The largest absolute Gasteiger partial charge is 0.270 e. The highest BCUT2D eigenvalue weighted by molar-refractivity contribution is 6.32. The topological polar surface area (TPSA) is 29.5 Å². The van der Waals surface area contributed by atoms with Crippen molar-refractivity contribution in [3.63, 3.8) is 0 Å². The average molecular weight is 284 g/mol. The molecule has 0 heterocycles. The van der Waals surface area contributed by atoms with Crippen molar-refractivity contribution in [2.24, 2.45) is 0 Å². The maximum Gasteiger partial charge on any atom is 0.268 e. The van der Waals surface area contributed by atoms with Gasteiger partial charge in [0, 0.05) is 0 Å². The molecule has 1 amide bonds. The van der Waals surface area contributed by atoms with Crippen molar-refractivity contribution in [3.05, 3.63) is 29.3 Å². The molecule has 1 aromatic rings. The molecule has 19 heavy (non-hydrogen) atoms. The molecule has 0 N–H and O–H groups in total. The molecule has 1 atom stereocenters. The number of anilines is 1. The minimum absolute atomic E-state index is 0.206. The van der Waals surface area contributed by atoms with E-state index in [4.69, 9.17) is 16.4 Å². The molecule has 0 aromatic heterocycles. The van der Waals surface area contributed by atoms with Gasteiger partial charge in [-0.25, -0.2) is 0 Å². The van der Waals surface area contributed by atoms with E-state index in [1.54, 1.807) is 0 Å². The molecule has 0 aliphatic carbocycles. The number of alkyl halides is 1.